The minimum absolute atomic E-state index is 0.220. The lowest BCUT2D eigenvalue weighted by molar-refractivity contribution is -0.101. The van der Waals surface area contributed by atoms with Gasteiger partial charge in [-0.15, -0.1) is 0 Å². The number of nitrogens with zero attached hydrogens (tertiary/aromatic N) is 1. The van der Waals surface area contributed by atoms with Gasteiger partial charge in [-0.25, -0.2) is 8.78 Å². The normalized spacial score (nSPS) is 28.9. The molecule has 2 aliphatic heterocycles. The second-order valence-electron chi connectivity index (χ2n) is 7.92. The van der Waals surface area contributed by atoms with E-state index < -0.39 is 17.2 Å². The summed E-state index contributed by atoms with van der Waals surface area (Å²) >= 11 is 0. The maximum Gasteiger partial charge on any atom is 0.132 e. The smallest absolute Gasteiger partial charge is 0.132 e. The minimum Gasteiger partial charge on any atom is -0.385 e. The van der Waals surface area contributed by atoms with E-state index in [0.29, 0.717) is 18.4 Å². The molecular formula is C22H25F2NO. The third-order valence-corrected chi connectivity index (χ3v) is 6.12. The van der Waals surface area contributed by atoms with Crippen molar-refractivity contribution in [3.63, 3.8) is 0 Å². The van der Waals surface area contributed by atoms with Crippen LogP contribution in [-0.2, 0) is 12.1 Å². The van der Waals surface area contributed by atoms with E-state index in [1.54, 1.807) is 6.92 Å². The Morgan fingerprint density at radius 3 is 2.35 bits per heavy atom. The third-order valence-electron chi connectivity index (χ3n) is 6.12. The predicted molar refractivity (Wildman–Crippen MR) is 97.6 cm³/mol. The molecule has 2 heterocycles. The Morgan fingerprint density at radius 1 is 1.04 bits per heavy atom. The molecule has 2 aromatic carbocycles. The zero-order valence-corrected chi connectivity index (χ0v) is 15.1. The highest BCUT2D eigenvalue weighted by Crippen LogP contribution is 2.45. The fourth-order valence-corrected chi connectivity index (χ4v) is 4.81. The van der Waals surface area contributed by atoms with Crippen molar-refractivity contribution in [1.29, 1.82) is 0 Å². The fourth-order valence-electron chi connectivity index (χ4n) is 4.81. The average Bonchev–Trinajstić information content (AvgIpc) is 2.60. The van der Waals surface area contributed by atoms with Gasteiger partial charge in [-0.3, -0.25) is 4.90 Å². The first-order valence-corrected chi connectivity index (χ1v) is 9.44. The van der Waals surface area contributed by atoms with Crippen molar-refractivity contribution >= 4 is 0 Å². The van der Waals surface area contributed by atoms with Crippen LogP contribution in [0.25, 0.3) is 0 Å². The average molecular weight is 357 g/mol. The monoisotopic (exact) mass is 357 g/mol. The van der Waals surface area contributed by atoms with E-state index in [9.17, 15) is 13.9 Å². The van der Waals surface area contributed by atoms with E-state index in [4.69, 9.17) is 0 Å². The maximum atomic E-state index is 14.5. The summed E-state index contributed by atoms with van der Waals surface area (Å²) in [7, 11) is 0. The van der Waals surface area contributed by atoms with Crippen molar-refractivity contribution in [2.75, 3.05) is 0 Å². The van der Waals surface area contributed by atoms with Gasteiger partial charge in [0.2, 0.25) is 0 Å². The molecule has 138 valence electrons. The number of rotatable bonds is 3. The summed E-state index contributed by atoms with van der Waals surface area (Å²) < 4.78 is 28.1. The van der Waals surface area contributed by atoms with Gasteiger partial charge in [0.1, 0.15) is 11.6 Å². The zero-order valence-electron chi connectivity index (χ0n) is 15.1. The Morgan fingerprint density at radius 2 is 1.69 bits per heavy atom. The van der Waals surface area contributed by atoms with Crippen LogP contribution in [0.15, 0.2) is 42.5 Å². The summed E-state index contributed by atoms with van der Waals surface area (Å²) in [5.74, 6) is -1.19. The first kappa shape index (κ1) is 17.6. The van der Waals surface area contributed by atoms with Gasteiger partial charge >= 0.3 is 0 Å². The number of hydrogen-bond donors (Lipinski definition) is 1. The first-order chi connectivity index (χ1) is 12.5. The number of halogens is 2. The first-order valence-electron chi connectivity index (χ1n) is 9.44. The van der Waals surface area contributed by atoms with E-state index in [-0.39, 0.29) is 17.6 Å². The highest BCUT2D eigenvalue weighted by atomic mass is 19.1. The number of aliphatic hydroxyl groups is 1. The van der Waals surface area contributed by atoms with E-state index in [2.05, 4.69) is 17.0 Å². The van der Waals surface area contributed by atoms with Gasteiger partial charge in [0.25, 0.3) is 0 Å². The van der Waals surface area contributed by atoms with Crippen LogP contribution >= 0.6 is 0 Å². The van der Waals surface area contributed by atoms with Crippen molar-refractivity contribution in [1.82, 2.24) is 4.90 Å². The highest BCUT2D eigenvalue weighted by Gasteiger charge is 2.47. The quantitative estimate of drug-likeness (QED) is 0.862. The van der Waals surface area contributed by atoms with Gasteiger partial charge in [-0.05, 0) is 49.8 Å². The molecule has 4 heteroatoms. The van der Waals surface area contributed by atoms with Gasteiger partial charge in [0.15, 0.2) is 0 Å². The second kappa shape index (κ2) is 6.75. The molecule has 2 aliphatic rings. The van der Waals surface area contributed by atoms with Crippen molar-refractivity contribution in [3.05, 3.63) is 70.8 Å². The molecule has 0 amide bonds. The molecule has 2 unspecified atom stereocenters. The summed E-state index contributed by atoms with van der Waals surface area (Å²) in [6.07, 6.45) is 4.15. The molecule has 26 heavy (non-hydrogen) atoms. The van der Waals surface area contributed by atoms with Crippen LogP contribution in [0.5, 0.6) is 0 Å². The molecule has 0 spiro atoms. The van der Waals surface area contributed by atoms with Gasteiger partial charge in [-0.2, -0.15) is 0 Å². The van der Waals surface area contributed by atoms with E-state index in [1.165, 1.54) is 11.6 Å². The molecule has 4 rings (SSSR count). The number of hydrogen-bond acceptors (Lipinski definition) is 2. The lowest BCUT2D eigenvalue weighted by atomic mass is 9.72. The van der Waals surface area contributed by atoms with Crippen molar-refractivity contribution in [2.24, 2.45) is 0 Å². The Kier molecular flexibility index (Phi) is 4.57. The molecule has 2 saturated heterocycles. The van der Waals surface area contributed by atoms with Crippen LogP contribution in [0.2, 0.25) is 0 Å². The number of benzene rings is 2. The zero-order chi connectivity index (χ0) is 18.3. The fraction of sp³-hybridized carbons (Fsp3) is 0.455. The van der Waals surface area contributed by atoms with Crippen LogP contribution in [-0.4, -0.2) is 22.1 Å². The summed E-state index contributed by atoms with van der Waals surface area (Å²) in [6.45, 7) is 2.48. The highest BCUT2D eigenvalue weighted by molar-refractivity contribution is 5.32. The lowest BCUT2D eigenvalue weighted by Gasteiger charge is -2.52. The summed E-state index contributed by atoms with van der Waals surface area (Å²) in [6, 6.07) is 13.2. The molecule has 0 aromatic heterocycles. The standard InChI is InChI=1S/C22H25F2NO/c1-15-10-19(21(24)11-20(15)23)22(26)12-17-8-5-9-18(13-22)25(17)14-16-6-3-2-4-7-16/h2-4,6-7,10-11,17-18,26H,5,8-9,12-14H2,1H3. The van der Waals surface area contributed by atoms with Crippen LogP contribution in [0, 0.1) is 18.6 Å². The molecule has 2 atom stereocenters. The number of piperidine rings is 2. The van der Waals surface area contributed by atoms with E-state index >= 15 is 0 Å². The largest absolute Gasteiger partial charge is 0.385 e. The third kappa shape index (κ3) is 3.17. The molecule has 0 aliphatic carbocycles. The molecule has 1 N–H and O–H groups in total. The van der Waals surface area contributed by atoms with Crippen LogP contribution in [0.1, 0.15) is 48.8 Å². The molecule has 2 nitrogen and oxygen atoms in total. The minimum atomic E-state index is -1.22. The van der Waals surface area contributed by atoms with Crippen molar-refractivity contribution in [3.8, 4) is 0 Å². The molecule has 2 bridgehead atoms. The lowest BCUT2D eigenvalue weighted by Crippen LogP contribution is -2.56. The van der Waals surface area contributed by atoms with Crippen LogP contribution in [0.4, 0.5) is 8.78 Å². The topological polar surface area (TPSA) is 23.5 Å². The molecule has 0 radical (unpaired) electrons. The Labute approximate surface area is 153 Å². The number of aryl methyl sites for hydroxylation is 1. The maximum absolute atomic E-state index is 14.5. The van der Waals surface area contributed by atoms with Crippen molar-refractivity contribution in [2.45, 2.75) is 63.3 Å². The molecular weight excluding hydrogens is 332 g/mol. The molecule has 0 saturated carbocycles. The van der Waals surface area contributed by atoms with Crippen LogP contribution in [0.3, 0.4) is 0 Å². The predicted octanol–water partition coefficient (Wildman–Crippen LogP) is 4.68. The van der Waals surface area contributed by atoms with Gasteiger partial charge < -0.3 is 5.11 Å². The van der Waals surface area contributed by atoms with Crippen LogP contribution < -0.4 is 0 Å². The summed E-state index contributed by atoms with van der Waals surface area (Å²) in [5.41, 5.74) is 0.684. The Bertz CT molecular complexity index is 778. The molecule has 2 fully saturated rings. The molecule has 2 aromatic rings. The Balaban J connectivity index is 1.62. The SMILES string of the molecule is Cc1cc(C2(O)CC3CCCC(C2)N3Cc2ccccc2)c(F)cc1F. The van der Waals surface area contributed by atoms with Gasteiger partial charge in [0, 0.05) is 30.3 Å². The van der Waals surface area contributed by atoms with Gasteiger partial charge in [-0.1, -0.05) is 36.8 Å². The second-order valence-corrected chi connectivity index (χ2v) is 7.92. The Hall–Kier alpha value is -1.78. The van der Waals surface area contributed by atoms with E-state index in [1.807, 2.05) is 18.2 Å². The summed E-state index contributed by atoms with van der Waals surface area (Å²) in [4.78, 5) is 2.47. The van der Waals surface area contributed by atoms with Gasteiger partial charge in [0.05, 0.1) is 5.60 Å². The summed E-state index contributed by atoms with van der Waals surface area (Å²) in [5, 5.41) is 11.3. The van der Waals surface area contributed by atoms with Crippen molar-refractivity contribution < 1.29 is 13.9 Å². The number of fused-ring (bicyclic) bond motifs is 2. The van der Waals surface area contributed by atoms with E-state index in [0.717, 1.165) is 31.9 Å².